The van der Waals surface area contributed by atoms with Gasteiger partial charge in [0.05, 0.1) is 21.0 Å². The molecule has 0 saturated carbocycles. The second-order valence-electron chi connectivity index (χ2n) is 4.41. The summed E-state index contributed by atoms with van der Waals surface area (Å²) in [6.45, 7) is 0. The summed E-state index contributed by atoms with van der Waals surface area (Å²) in [5.41, 5.74) is 0.505. The zero-order valence-corrected chi connectivity index (χ0v) is 12.5. The van der Waals surface area contributed by atoms with Crippen LogP contribution in [0.4, 0.5) is 5.69 Å². The first-order valence-electron chi connectivity index (χ1n) is 6.03. The number of aromatic nitrogens is 2. The molecule has 0 saturated heterocycles. The van der Waals surface area contributed by atoms with E-state index in [1.165, 1.54) is 6.07 Å². The third-order valence-corrected chi connectivity index (χ3v) is 5.23. The molecule has 0 spiro atoms. The number of nitro benzene ring substituents is 1. The topological polar surface area (TPSA) is 95.1 Å². The predicted octanol–water partition coefficient (Wildman–Crippen LogP) is 2.83. The Morgan fingerprint density at radius 1 is 1.18 bits per heavy atom. The van der Waals surface area contributed by atoms with Crippen molar-refractivity contribution in [3.05, 3.63) is 63.9 Å². The molecule has 0 amide bonds. The molecule has 9 heteroatoms. The van der Waals surface area contributed by atoms with Gasteiger partial charge in [-0.05, 0) is 18.2 Å². The number of para-hydroxylation sites is 2. The Morgan fingerprint density at radius 2 is 1.91 bits per heavy atom. The monoisotopic (exact) mass is 337 g/mol. The summed E-state index contributed by atoms with van der Waals surface area (Å²) in [6, 6.07) is 9.92. The average molecular weight is 338 g/mol. The number of rotatable bonds is 3. The molecule has 2 aromatic carbocycles. The van der Waals surface area contributed by atoms with E-state index < -0.39 is 14.9 Å². The summed E-state index contributed by atoms with van der Waals surface area (Å²) in [7, 11) is -4.09. The Morgan fingerprint density at radius 3 is 2.64 bits per heavy atom. The molecule has 0 atom stereocenters. The smallest absolute Gasteiger partial charge is 0.258 e. The molecule has 0 N–H and O–H groups in total. The molecular formula is C13H8ClN3O4S. The molecule has 0 bridgehead atoms. The summed E-state index contributed by atoms with van der Waals surface area (Å²) in [5.74, 6) is 0. The zero-order valence-electron chi connectivity index (χ0n) is 10.9. The van der Waals surface area contributed by atoms with E-state index in [9.17, 15) is 18.5 Å². The first-order chi connectivity index (χ1) is 10.4. The number of hydrogen-bond donors (Lipinski definition) is 0. The highest BCUT2D eigenvalue weighted by Crippen LogP contribution is 2.29. The van der Waals surface area contributed by atoms with Gasteiger partial charge in [0.1, 0.15) is 11.2 Å². The molecule has 112 valence electrons. The molecule has 3 aromatic rings. The van der Waals surface area contributed by atoms with Crippen molar-refractivity contribution in [3.8, 4) is 0 Å². The standard InChI is InChI=1S/C13H8ClN3O4S/c14-10-6-5-9(17(18)19)7-13(10)22(20,21)16-8-15-11-3-1-2-4-12(11)16/h1-8H. The SMILES string of the molecule is O=[N+]([O-])c1ccc(Cl)c(S(=O)(=O)n2cnc3ccccc32)c1. The first-order valence-corrected chi connectivity index (χ1v) is 7.84. The normalized spacial score (nSPS) is 11.7. The molecule has 7 nitrogen and oxygen atoms in total. The van der Waals surface area contributed by atoms with Crippen molar-refractivity contribution in [1.29, 1.82) is 0 Å². The number of non-ortho nitro benzene ring substituents is 1. The zero-order chi connectivity index (χ0) is 15.9. The second-order valence-corrected chi connectivity index (χ2v) is 6.60. The number of hydrogen-bond acceptors (Lipinski definition) is 5. The van der Waals surface area contributed by atoms with Gasteiger partial charge in [-0.25, -0.2) is 17.4 Å². The molecule has 22 heavy (non-hydrogen) atoms. The van der Waals surface area contributed by atoms with E-state index in [2.05, 4.69) is 4.98 Å². The van der Waals surface area contributed by atoms with Crippen LogP contribution in [-0.4, -0.2) is 22.3 Å². The van der Waals surface area contributed by atoms with Gasteiger partial charge in [0, 0.05) is 12.1 Å². The van der Waals surface area contributed by atoms with Gasteiger partial charge in [-0.3, -0.25) is 10.1 Å². The minimum absolute atomic E-state index is 0.0941. The fourth-order valence-corrected chi connectivity index (χ4v) is 3.83. The number of nitro groups is 1. The largest absolute Gasteiger partial charge is 0.271 e. The van der Waals surface area contributed by atoms with Crippen LogP contribution >= 0.6 is 11.6 Å². The Labute approximate surface area is 130 Å². The third kappa shape index (κ3) is 2.22. The highest BCUT2D eigenvalue weighted by atomic mass is 35.5. The molecule has 0 aliphatic rings. The van der Waals surface area contributed by atoms with Crippen LogP contribution < -0.4 is 0 Å². The quantitative estimate of drug-likeness (QED) is 0.541. The maximum atomic E-state index is 12.7. The number of imidazole rings is 1. The van der Waals surface area contributed by atoms with Gasteiger partial charge in [-0.2, -0.15) is 0 Å². The molecule has 1 aromatic heterocycles. The van der Waals surface area contributed by atoms with E-state index in [-0.39, 0.29) is 15.6 Å². The van der Waals surface area contributed by atoms with Crippen LogP contribution in [0, 0.1) is 10.1 Å². The lowest BCUT2D eigenvalue weighted by atomic mass is 10.3. The number of benzene rings is 2. The van der Waals surface area contributed by atoms with Gasteiger partial charge in [-0.1, -0.05) is 23.7 Å². The molecule has 1 heterocycles. The van der Waals surface area contributed by atoms with Crippen molar-refractivity contribution in [2.24, 2.45) is 0 Å². The maximum Gasteiger partial charge on any atom is 0.271 e. The second kappa shape index (κ2) is 5.08. The molecular weight excluding hydrogens is 330 g/mol. The van der Waals surface area contributed by atoms with Gasteiger partial charge in [-0.15, -0.1) is 0 Å². The van der Waals surface area contributed by atoms with Crippen molar-refractivity contribution in [1.82, 2.24) is 8.96 Å². The van der Waals surface area contributed by atoms with Crippen LogP contribution in [0.1, 0.15) is 0 Å². The predicted molar refractivity (Wildman–Crippen MR) is 80.4 cm³/mol. The van der Waals surface area contributed by atoms with E-state index in [1.54, 1.807) is 24.3 Å². The summed E-state index contributed by atoms with van der Waals surface area (Å²) < 4.78 is 26.4. The van der Waals surface area contributed by atoms with Crippen molar-refractivity contribution in [2.45, 2.75) is 4.90 Å². The molecule has 0 aliphatic heterocycles. The average Bonchev–Trinajstić information content (AvgIpc) is 2.91. The first kappa shape index (κ1) is 14.5. The minimum Gasteiger partial charge on any atom is -0.258 e. The summed E-state index contributed by atoms with van der Waals surface area (Å²) in [5, 5.41) is 10.7. The van der Waals surface area contributed by atoms with Gasteiger partial charge < -0.3 is 0 Å². The molecule has 0 unspecified atom stereocenters. The third-order valence-electron chi connectivity index (χ3n) is 3.08. The molecule has 0 aliphatic carbocycles. The Hall–Kier alpha value is -2.45. The van der Waals surface area contributed by atoms with E-state index in [0.29, 0.717) is 11.0 Å². The van der Waals surface area contributed by atoms with E-state index in [0.717, 1.165) is 22.4 Å². The highest BCUT2D eigenvalue weighted by Gasteiger charge is 2.25. The summed E-state index contributed by atoms with van der Waals surface area (Å²) in [4.78, 5) is 13.8. The molecule has 0 radical (unpaired) electrons. The van der Waals surface area contributed by atoms with Crippen molar-refractivity contribution in [3.63, 3.8) is 0 Å². The van der Waals surface area contributed by atoms with E-state index in [4.69, 9.17) is 11.6 Å². The van der Waals surface area contributed by atoms with Gasteiger partial charge in [0.15, 0.2) is 0 Å². The fraction of sp³-hybridized carbons (Fsp3) is 0. The lowest BCUT2D eigenvalue weighted by molar-refractivity contribution is -0.385. The number of halogens is 1. The van der Waals surface area contributed by atoms with Crippen molar-refractivity contribution < 1.29 is 13.3 Å². The summed E-state index contributed by atoms with van der Waals surface area (Å²) in [6.07, 6.45) is 1.15. The van der Waals surface area contributed by atoms with Crippen molar-refractivity contribution in [2.75, 3.05) is 0 Å². The van der Waals surface area contributed by atoms with E-state index in [1.807, 2.05) is 0 Å². The van der Waals surface area contributed by atoms with Crippen LogP contribution in [0.2, 0.25) is 5.02 Å². The summed E-state index contributed by atoms with van der Waals surface area (Å²) >= 11 is 5.92. The van der Waals surface area contributed by atoms with Gasteiger partial charge >= 0.3 is 0 Å². The molecule has 0 fully saturated rings. The van der Waals surface area contributed by atoms with Crippen LogP contribution in [0.5, 0.6) is 0 Å². The number of nitrogens with zero attached hydrogens (tertiary/aromatic N) is 3. The van der Waals surface area contributed by atoms with Crippen LogP contribution in [0.25, 0.3) is 11.0 Å². The van der Waals surface area contributed by atoms with E-state index >= 15 is 0 Å². The highest BCUT2D eigenvalue weighted by molar-refractivity contribution is 7.90. The Balaban J connectivity index is 2.26. The van der Waals surface area contributed by atoms with Gasteiger partial charge in [0.25, 0.3) is 15.7 Å². The minimum atomic E-state index is -4.09. The lowest BCUT2D eigenvalue weighted by Gasteiger charge is -2.08. The van der Waals surface area contributed by atoms with Crippen molar-refractivity contribution >= 4 is 38.3 Å². The number of fused-ring (bicyclic) bond motifs is 1. The lowest BCUT2D eigenvalue weighted by Crippen LogP contribution is -2.12. The van der Waals surface area contributed by atoms with Crippen LogP contribution in [-0.2, 0) is 10.0 Å². The maximum absolute atomic E-state index is 12.7. The Bertz CT molecular complexity index is 997. The van der Waals surface area contributed by atoms with Crippen LogP contribution in [0.15, 0.2) is 53.7 Å². The molecule has 3 rings (SSSR count). The Kier molecular flexibility index (Phi) is 3.34. The van der Waals surface area contributed by atoms with Gasteiger partial charge in [0.2, 0.25) is 0 Å². The fourth-order valence-electron chi connectivity index (χ4n) is 2.04. The van der Waals surface area contributed by atoms with Crippen LogP contribution in [0.3, 0.4) is 0 Å².